The largest absolute Gasteiger partial charge is 0.494 e. The summed E-state index contributed by atoms with van der Waals surface area (Å²) in [5.41, 5.74) is 1.85. The van der Waals surface area contributed by atoms with Crippen LogP contribution in [0, 0.1) is 5.82 Å². The lowest BCUT2D eigenvalue weighted by Gasteiger charge is -2.20. The Labute approximate surface area is 126 Å². The van der Waals surface area contributed by atoms with Crippen LogP contribution in [0.5, 0.6) is 5.75 Å². The third kappa shape index (κ3) is 4.05. The maximum Gasteiger partial charge on any atom is 0.168 e. The van der Waals surface area contributed by atoms with Crippen LogP contribution in [-0.4, -0.2) is 13.7 Å². The van der Waals surface area contributed by atoms with E-state index < -0.39 is 0 Å². The Kier molecular flexibility index (Phi) is 5.76. The molecule has 0 saturated carbocycles. The highest BCUT2D eigenvalue weighted by atomic mass is 19.1. The van der Waals surface area contributed by atoms with E-state index >= 15 is 0 Å². The SMILES string of the molecule is CCCNC(Cc1cccc(OC)c1F)c1ccccc1. The Morgan fingerprint density at radius 2 is 1.86 bits per heavy atom. The highest BCUT2D eigenvalue weighted by Gasteiger charge is 2.15. The van der Waals surface area contributed by atoms with Crippen molar-refractivity contribution in [3.63, 3.8) is 0 Å². The number of nitrogens with one attached hydrogen (secondary N) is 1. The van der Waals surface area contributed by atoms with E-state index in [1.807, 2.05) is 30.3 Å². The fourth-order valence-corrected chi connectivity index (χ4v) is 2.40. The van der Waals surface area contributed by atoms with Gasteiger partial charge < -0.3 is 10.1 Å². The van der Waals surface area contributed by atoms with Crippen molar-refractivity contribution < 1.29 is 9.13 Å². The molecule has 2 nitrogen and oxygen atoms in total. The Bertz CT molecular complexity index is 556. The zero-order chi connectivity index (χ0) is 15.1. The summed E-state index contributed by atoms with van der Waals surface area (Å²) in [5.74, 6) is 0.0361. The maximum absolute atomic E-state index is 14.3. The van der Waals surface area contributed by atoms with E-state index in [0.717, 1.165) is 13.0 Å². The Morgan fingerprint density at radius 1 is 1.10 bits per heavy atom. The second-order valence-corrected chi connectivity index (χ2v) is 5.05. The highest BCUT2D eigenvalue weighted by Crippen LogP contribution is 2.25. The van der Waals surface area contributed by atoms with Gasteiger partial charge in [-0.2, -0.15) is 0 Å². The second kappa shape index (κ2) is 7.79. The predicted molar refractivity (Wildman–Crippen MR) is 84.1 cm³/mol. The average molecular weight is 287 g/mol. The molecule has 0 radical (unpaired) electrons. The van der Waals surface area contributed by atoms with Gasteiger partial charge in [-0.3, -0.25) is 0 Å². The first-order valence-electron chi connectivity index (χ1n) is 7.36. The van der Waals surface area contributed by atoms with Crippen molar-refractivity contribution in [1.29, 1.82) is 0 Å². The highest BCUT2D eigenvalue weighted by molar-refractivity contribution is 5.33. The monoisotopic (exact) mass is 287 g/mol. The first kappa shape index (κ1) is 15.5. The Morgan fingerprint density at radius 3 is 2.52 bits per heavy atom. The molecule has 0 spiro atoms. The van der Waals surface area contributed by atoms with Crippen LogP contribution in [0.25, 0.3) is 0 Å². The minimum atomic E-state index is -0.265. The van der Waals surface area contributed by atoms with Gasteiger partial charge in [0.15, 0.2) is 11.6 Å². The van der Waals surface area contributed by atoms with E-state index in [2.05, 4.69) is 24.4 Å². The van der Waals surface area contributed by atoms with Crippen molar-refractivity contribution >= 4 is 0 Å². The lowest BCUT2D eigenvalue weighted by Crippen LogP contribution is -2.24. The van der Waals surface area contributed by atoms with E-state index in [9.17, 15) is 4.39 Å². The quantitative estimate of drug-likeness (QED) is 0.827. The van der Waals surface area contributed by atoms with E-state index in [1.54, 1.807) is 6.07 Å². The maximum atomic E-state index is 14.3. The van der Waals surface area contributed by atoms with Crippen LogP contribution < -0.4 is 10.1 Å². The van der Waals surface area contributed by atoms with Gasteiger partial charge in [0.05, 0.1) is 7.11 Å². The summed E-state index contributed by atoms with van der Waals surface area (Å²) in [6.45, 7) is 3.03. The number of benzene rings is 2. The van der Waals surface area contributed by atoms with Crippen LogP contribution in [-0.2, 0) is 6.42 Å². The molecule has 1 N–H and O–H groups in total. The van der Waals surface area contributed by atoms with Gasteiger partial charge in [0.1, 0.15) is 0 Å². The van der Waals surface area contributed by atoms with E-state index in [0.29, 0.717) is 17.7 Å². The molecule has 2 rings (SSSR count). The smallest absolute Gasteiger partial charge is 0.168 e. The molecule has 21 heavy (non-hydrogen) atoms. The molecule has 3 heteroatoms. The van der Waals surface area contributed by atoms with Crippen molar-refractivity contribution in [2.75, 3.05) is 13.7 Å². The summed E-state index contributed by atoms with van der Waals surface area (Å²) >= 11 is 0. The molecule has 2 aromatic carbocycles. The van der Waals surface area contributed by atoms with Crippen LogP contribution in [0.2, 0.25) is 0 Å². The number of methoxy groups -OCH3 is 1. The number of hydrogen-bond acceptors (Lipinski definition) is 2. The minimum Gasteiger partial charge on any atom is -0.494 e. The normalized spacial score (nSPS) is 12.1. The molecular weight excluding hydrogens is 265 g/mol. The average Bonchev–Trinajstić information content (AvgIpc) is 2.53. The van der Waals surface area contributed by atoms with Crippen LogP contribution in [0.15, 0.2) is 48.5 Å². The van der Waals surface area contributed by atoms with E-state index in [-0.39, 0.29) is 11.9 Å². The number of ether oxygens (including phenoxy) is 1. The van der Waals surface area contributed by atoms with Gasteiger partial charge in [0, 0.05) is 6.04 Å². The molecule has 1 atom stereocenters. The minimum absolute atomic E-state index is 0.104. The molecule has 0 aliphatic rings. The van der Waals surface area contributed by atoms with Crippen molar-refractivity contribution in [1.82, 2.24) is 5.32 Å². The molecule has 2 aromatic rings. The van der Waals surface area contributed by atoms with Crippen molar-refractivity contribution in [2.45, 2.75) is 25.8 Å². The molecule has 0 fully saturated rings. The van der Waals surface area contributed by atoms with Gasteiger partial charge in [-0.25, -0.2) is 4.39 Å². The summed E-state index contributed by atoms with van der Waals surface area (Å²) in [6, 6.07) is 15.6. The lowest BCUT2D eigenvalue weighted by atomic mass is 9.98. The molecule has 0 aliphatic carbocycles. The van der Waals surface area contributed by atoms with Gasteiger partial charge in [-0.15, -0.1) is 0 Å². The van der Waals surface area contributed by atoms with Crippen LogP contribution in [0.3, 0.4) is 0 Å². The standard InChI is InChI=1S/C18H22FNO/c1-3-12-20-16(14-8-5-4-6-9-14)13-15-10-7-11-17(21-2)18(15)19/h4-11,16,20H,3,12-13H2,1-2H3. The Hall–Kier alpha value is -1.87. The molecule has 0 bridgehead atoms. The number of rotatable bonds is 7. The van der Waals surface area contributed by atoms with Crippen molar-refractivity contribution in [3.05, 3.63) is 65.5 Å². The number of halogens is 1. The van der Waals surface area contributed by atoms with Gasteiger partial charge in [0.25, 0.3) is 0 Å². The zero-order valence-corrected chi connectivity index (χ0v) is 12.6. The fraction of sp³-hybridized carbons (Fsp3) is 0.333. The van der Waals surface area contributed by atoms with Gasteiger partial charge in [-0.1, -0.05) is 49.4 Å². The van der Waals surface area contributed by atoms with Crippen LogP contribution in [0.1, 0.15) is 30.5 Å². The van der Waals surface area contributed by atoms with Crippen LogP contribution in [0.4, 0.5) is 4.39 Å². The molecule has 0 heterocycles. The predicted octanol–water partition coefficient (Wildman–Crippen LogP) is 4.12. The van der Waals surface area contributed by atoms with Gasteiger partial charge in [-0.05, 0) is 36.6 Å². The third-order valence-electron chi connectivity index (χ3n) is 3.53. The summed E-state index contributed by atoms with van der Waals surface area (Å²) in [7, 11) is 1.49. The summed E-state index contributed by atoms with van der Waals surface area (Å²) in [6.07, 6.45) is 1.65. The van der Waals surface area contributed by atoms with E-state index in [1.165, 1.54) is 12.7 Å². The first-order chi connectivity index (χ1) is 10.3. The molecular formula is C18H22FNO. The summed E-state index contributed by atoms with van der Waals surface area (Å²) < 4.78 is 19.4. The van der Waals surface area contributed by atoms with E-state index in [4.69, 9.17) is 4.74 Å². The molecule has 0 aromatic heterocycles. The zero-order valence-electron chi connectivity index (χ0n) is 12.6. The molecule has 0 aliphatic heterocycles. The first-order valence-corrected chi connectivity index (χ1v) is 7.36. The Balaban J connectivity index is 2.23. The third-order valence-corrected chi connectivity index (χ3v) is 3.53. The summed E-state index contributed by atoms with van der Waals surface area (Å²) in [4.78, 5) is 0. The van der Waals surface area contributed by atoms with Crippen LogP contribution >= 0.6 is 0 Å². The molecule has 0 saturated heterocycles. The van der Waals surface area contributed by atoms with Gasteiger partial charge in [0.2, 0.25) is 0 Å². The summed E-state index contributed by atoms with van der Waals surface area (Å²) in [5, 5.41) is 3.49. The molecule has 1 unspecified atom stereocenters. The second-order valence-electron chi connectivity index (χ2n) is 5.05. The van der Waals surface area contributed by atoms with Gasteiger partial charge >= 0.3 is 0 Å². The van der Waals surface area contributed by atoms with Crippen molar-refractivity contribution in [2.24, 2.45) is 0 Å². The number of hydrogen-bond donors (Lipinski definition) is 1. The lowest BCUT2D eigenvalue weighted by molar-refractivity contribution is 0.382. The van der Waals surface area contributed by atoms with Crippen molar-refractivity contribution in [3.8, 4) is 5.75 Å². The molecule has 112 valence electrons. The molecule has 0 amide bonds. The topological polar surface area (TPSA) is 21.3 Å². The fourth-order valence-electron chi connectivity index (χ4n) is 2.40.